The largest absolute Gasteiger partial charge is 0.422 e. The molecule has 0 saturated heterocycles. The molecule has 0 amide bonds. The van der Waals surface area contributed by atoms with Crippen molar-refractivity contribution in [2.75, 3.05) is 0 Å². The van der Waals surface area contributed by atoms with E-state index < -0.39 is 5.97 Å². The molecule has 0 saturated carbocycles. The number of nitrogens with zero attached hydrogens (tertiary/aromatic N) is 3. The molecule has 1 aromatic heterocycles. The number of fused-ring (bicyclic) bond motifs is 1. The van der Waals surface area contributed by atoms with E-state index >= 15 is 0 Å². The molecule has 6 nitrogen and oxygen atoms in total. The number of esters is 1. The van der Waals surface area contributed by atoms with Crippen LogP contribution in [0.25, 0.3) is 10.8 Å². The highest BCUT2D eigenvalue weighted by molar-refractivity contribution is 6.02. The third kappa shape index (κ3) is 3.47. The van der Waals surface area contributed by atoms with Crippen LogP contribution in [0.5, 0.6) is 5.75 Å². The average molecular weight is 347 g/mol. The zero-order chi connectivity index (χ0) is 18.5. The van der Waals surface area contributed by atoms with E-state index in [4.69, 9.17) is 10.00 Å². The standard InChI is InChI=1S/C20H17N3O3/c1-2-3-12-23-19(24)17-7-5-4-6-16(17)18(22-23)20(25)26-15-10-8-14(13-21)9-11-15/h4-11H,2-3,12H2,1H3. The lowest BCUT2D eigenvalue weighted by Crippen LogP contribution is -2.27. The maximum atomic E-state index is 12.7. The molecule has 0 aliphatic rings. The fraction of sp³-hybridized carbons (Fsp3) is 0.200. The van der Waals surface area contributed by atoms with Crippen molar-refractivity contribution < 1.29 is 9.53 Å². The molecule has 0 aliphatic heterocycles. The van der Waals surface area contributed by atoms with E-state index in [0.29, 0.717) is 28.6 Å². The van der Waals surface area contributed by atoms with Crippen LogP contribution in [0.4, 0.5) is 0 Å². The zero-order valence-electron chi connectivity index (χ0n) is 14.3. The first-order chi connectivity index (χ1) is 12.6. The van der Waals surface area contributed by atoms with Gasteiger partial charge in [0, 0.05) is 11.9 Å². The topological polar surface area (TPSA) is 85.0 Å². The summed E-state index contributed by atoms with van der Waals surface area (Å²) in [5.74, 6) is -0.331. The molecular weight excluding hydrogens is 330 g/mol. The van der Waals surface area contributed by atoms with Crippen molar-refractivity contribution in [3.8, 4) is 11.8 Å². The third-order valence-corrected chi connectivity index (χ3v) is 3.98. The average Bonchev–Trinajstić information content (AvgIpc) is 2.68. The molecule has 3 rings (SSSR count). The van der Waals surface area contributed by atoms with Gasteiger partial charge in [-0.2, -0.15) is 10.4 Å². The molecule has 26 heavy (non-hydrogen) atoms. The summed E-state index contributed by atoms with van der Waals surface area (Å²) in [4.78, 5) is 25.2. The number of hydrogen-bond acceptors (Lipinski definition) is 5. The summed E-state index contributed by atoms with van der Waals surface area (Å²) < 4.78 is 6.70. The number of unbranched alkanes of at least 4 members (excludes halogenated alkanes) is 1. The molecule has 3 aromatic rings. The van der Waals surface area contributed by atoms with Crippen molar-refractivity contribution in [1.82, 2.24) is 9.78 Å². The number of hydrogen-bond donors (Lipinski definition) is 0. The van der Waals surface area contributed by atoms with E-state index in [1.165, 1.54) is 4.68 Å². The SMILES string of the molecule is CCCCn1nc(C(=O)Oc2ccc(C#N)cc2)c2ccccc2c1=O. The van der Waals surface area contributed by atoms with Gasteiger partial charge in [-0.3, -0.25) is 4.79 Å². The summed E-state index contributed by atoms with van der Waals surface area (Å²) >= 11 is 0. The quantitative estimate of drug-likeness (QED) is 0.522. The van der Waals surface area contributed by atoms with E-state index in [1.54, 1.807) is 48.5 Å². The van der Waals surface area contributed by atoms with Crippen LogP contribution in [0.3, 0.4) is 0 Å². The van der Waals surface area contributed by atoms with Gasteiger partial charge >= 0.3 is 5.97 Å². The van der Waals surface area contributed by atoms with Crippen molar-refractivity contribution in [3.05, 3.63) is 70.1 Å². The van der Waals surface area contributed by atoms with Crippen LogP contribution in [-0.2, 0) is 6.54 Å². The number of aryl methyl sites for hydroxylation is 1. The Balaban J connectivity index is 2.01. The Morgan fingerprint density at radius 1 is 1.15 bits per heavy atom. The highest BCUT2D eigenvalue weighted by Gasteiger charge is 2.18. The summed E-state index contributed by atoms with van der Waals surface area (Å²) in [6.45, 7) is 2.46. The van der Waals surface area contributed by atoms with Crippen molar-refractivity contribution in [2.45, 2.75) is 26.3 Å². The molecular formula is C20H17N3O3. The highest BCUT2D eigenvalue weighted by Crippen LogP contribution is 2.18. The Hall–Kier alpha value is -3.46. The lowest BCUT2D eigenvalue weighted by molar-refractivity contribution is 0.0728. The minimum absolute atomic E-state index is 0.0978. The fourth-order valence-corrected chi connectivity index (χ4v) is 2.60. The Morgan fingerprint density at radius 2 is 1.85 bits per heavy atom. The van der Waals surface area contributed by atoms with Crippen molar-refractivity contribution >= 4 is 16.7 Å². The van der Waals surface area contributed by atoms with Gasteiger partial charge in [-0.05, 0) is 36.8 Å². The van der Waals surface area contributed by atoms with Crippen molar-refractivity contribution in [3.63, 3.8) is 0 Å². The maximum Gasteiger partial charge on any atom is 0.364 e. The second-order valence-corrected chi connectivity index (χ2v) is 5.80. The summed E-state index contributed by atoms with van der Waals surface area (Å²) in [5.41, 5.74) is 0.353. The molecule has 0 bridgehead atoms. The molecule has 0 aliphatic carbocycles. The van der Waals surface area contributed by atoms with Gasteiger partial charge in [0.2, 0.25) is 0 Å². The van der Waals surface area contributed by atoms with E-state index in [-0.39, 0.29) is 11.3 Å². The minimum atomic E-state index is -0.642. The first-order valence-electron chi connectivity index (χ1n) is 8.36. The van der Waals surface area contributed by atoms with Crippen LogP contribution < -0.4 is 10.3 Å². The van der Waals surface area contributed by atoms with Gasteiger partial charge in [-0.1, -0.05) is 31.5 Å². The van der Waals surface area contributed by atoms with Crippen LogP contribution in [0.15, 0.2) is 53.3 Å². The number of aromatic nitrogens is 2. The Morgan fingerprint density at radius 3 is 2.50 bits per heavy atom. The Bertz CT molecular complexity index is 1050. The Labute approximate surface area is 150 Å². The van der Waals surface area contributed by atoms with Crippen LogP contribution >= 0.6 is 0 Å². The second-order valence-electron chi connectivity index (χ2n) is 5.80. The summed E-state index contributed by atoms with van der Waals surface area (Å²) in [6.07, 6.45) is 1.70. The van der Waals surface area contributed by atoms with Crippen molar-refractivity contribution in [1.29, 1.82) is 5.26 Å². The van der Waals surface area contributed by atoms with E-state index in [2.05, 4.69) is 5.10 Å². The van der Waals surface area contributed by atoms with Gasteiger partial charge in [0.1, 0.15) is 5.75 Å². The minimum Gasteiger partial charge on any atom is -0.422 e. The molecule has 6 heteroatoms. The smallest absolute Gasteiger partial charge is 0.364 e. The normalized spacial score (nSPS) is 10.5. The molecule has 0 spiro atoms. The van der Waals surface area contributed by atoms with Gasteiger partial charge in [0.25, 0.3) is 5.56 Å². The molecule has 0 atom stereocenters. The summed E-state index contributed by atoms with van der Waals surface area (Å²) in [6, 6.07) is 15.1. The highest BCUT2D eigenvalue weighted by atomic mass is 16.5. The van der Waals surface area contributed by atoms with E-state index in [0.717, 1.165) is 12.8 Å². The van der Waals surface area contributed by atoms with Gasteiger partial charge in [0.15, 0.2) is 5.69 Å². The maximum absolute atomic E-state index is 12.7. The number of ether oxygens (including phenoxy) is 1. The molecule has 0 radical (unpaired) electrons. The molecule has 0 unspecified atom stereocenters. The molecule has 1 heterocycles. The van der Waals surface area contributed by atoms with Crippen LogP contribution in [-0.4, -0.2) is 15.7 Å². The summed E-state index contributed by atoms with van der Waals surface area (Å²) in [5, 5.41) is 14.0. The predicted octanol–water partition coefficient (Wildman–Crippen LogP) is 3.29. The van der Waals surface area contributed by atoms with Crippen molar-refractivity contribution in [2.24, 2.45) is 0 Å². The van der Waals surface area contributed by atoms with E-state index in [9.17, 15) is 9.59 Å². The zero-order valence-corrected chi connectivity index (χ0v) is 14.3. The van der Waals surface area contributed by atoms with Gasteiger partial charge < -0.3 is 4.74 Å². The summed E-state index contributed by atoms with van der Waals surface area (Å²) in [7, 11) is 0. The molecule has 130 valence electrons. The monoisotopic (exact) mass is 347 g/mol. The number of carbonyl (C=O) groups is 1. The van der Waals surface area contributed by atoms with Gasteiger partial charge in [-0.25, -0.2) is 9.48 Å². The first kappa shape index (κ1) is 17.4. The number of carbonyl (C=O) groups excluding carboxylic acids is 1. The number of rotatable bonds is 5. The number of nitriles is 1. The molecule has 0 N–H and O–H groups in total. The van der Waals surface area contributed by atoms with E-state index in [1.807, 2.05) is 13.0 Å². The lowest BCUT2D eigenvalue weighted by Gasteiger charge is -2.10. The van der Waals surface area contributed by atoms with Crippen LogP contribution in [0.1, 0.15) is 35.8 Å². The predicted molar refractivity (Wildman–Crippen MR) is 97.0 cm³/mol. The molecule has 2 aromatic carbocycles. The van der Waals surface area contributed by atoms with Gasteiger partial charge in [0.05, 0.1) is 17.0 Å². The van der Waals surface area contributed by atoms with Crippen LogP contribution in [0, 0.1) is 11.3 Å². The first-order valence-corrected chi connectivity index (χ1v) is 8.36. The third-order valence-electron chi connectivity index (χ3n) is 3.98. The second kappa shape index (κ2) is 7.62. The Kier molecular flexibility index (Phi) is 5.09. The molecule has 0 fully saturated rings. The lowest BCUT2D eigenvalue weighted by atomic mass is 10.1. The van der Waals surface area contributed by atoms with Crippen LogP contribution in [0.2, 0.25) is 0 Å². The number of benzene rings is 2. The van der Waals surface area contributed by atoms with Gasteiger partial charge in [-0.15, -0.1) is 0 Å². The fourth-order valence-electron chi connectivity index (χ4n) is 2.60.